The topological polar surface area (TPSA) is 38.7 Å². The zero-order chi connectivity index (χ0) is 22.1. The molecule has 1 fully saturated rings. The molecule has 1 aliphatic rings. The lowest BCUT2D eigenvalue weighted by Gasteiger charge is -2.52. The largest absolute Gasteiger partial charge is 0.389 e. The van der Waals surface area contributed by atoms with Gasteiger partial charge in [0.25, 0.3) is 0 Å². The SMILES string of the molecule is C=CCC1(O)[C@H](C)[C@H](c2ccc(N(C)C)cc2)N[C@@H](c2ccc(N(C)C)cc2)[C@H]1C. The van der Waals surface area contributed by atoms with Crippen molar-refractivity contribution in [2.45, 2.75) is 38.0 Å². The number of aliphatic hydroxyl groups is 1. The summed E-state index contributed by atoms with van der Waals surface area (Å²) in [5.41, 5.74) is 3.93. The Morgan fingerprint density at radius 1 is 0.833 bits per heavy atom. The Kier molecular flexibility index (Phi) is 6.59. The number of piperidine rings is 1. The smallest absolute Gasteiger partial charge is 0.0768 e. The fourth-order valence-corrected chi connectivity index (χ4v) is 4.81. The van der Waals surface area contributed by atoms with E-state index in [1.807, 2.05) is 6.08 Å². The van der Waals surface area contributed by atoms with Gasteiger partial charge in [0, 0.05) is 63.5 Å². The molecular weight excluding hydrogens is 370 g/mol. The summed E-state index contributed by atoms with van der Waals surface area (Å²) in [5, 5.41) is 15.7. The summed E-state index contributed by atoms with van der Waals surface area (Å²) in [7, 11) is 8.20. The lowest BCUT2D eigenvalue weighted by atomic mass is 9.64. The second-order valence-corrected chi connectivity index (χ2v) is 9.16. The van der Waals surface area contributed by atoms with E-state index in [1.54, 1.807) is 0 Å². The molecule has 162 valence electrons. The van der Waals surface area contributed by atoms with Gasteiger partial charge in [0.15, 0.2) is 0 Å². The first kappa shape index (κ1) is 22.4. The van der Waals surface area contributed by atoms with Crippen LogP contribution in [0, 0.1) is 11.8 Å². The van der Waals surface area contributed by atoms with E-state index < -0.39 is 5.60 Å². The van der Waals surface area contributed by atoms with Crippen LogP contribution in [0.4, 0.5) is 11.4 Å². The van der Waals surface area contributed by atoms with Crippen LogP contribution >= 0.6 is 0 Å². The first-order valence-electron chi connectivity index (χ1n) is 10.8. The van der Waals surface area contributed by atoms with Gasteiger partial charge in [0.2, 0.25) is 0 Å². The molecule has 30 heavy (non-hydrogen) atoms. The molecule has 0 aromatic heterocycles. The molecular formula is C26H37N3O. The highest BCUT2D eigenvalue weighted by Gasteiger charge is 2.50. The van der Waals surface area contributed by atoms with Crippen LogP contribution in [-0.2, 0) is 0 Å². The Morgan fingerprint density at radius 3 is 1.50 bits per heavy atom. The van der Waals surface area contributed by atoms with Crippen molar-refractivity contribution in [3.63, 3.8) is 0 Å². The van der Waals surface area contributed by atoms with Gasteiger partial charge in [0.1, 0.15) is 0 Å². The first-order valence-corrected chi connectivity index (χ1v) is 10.8. The lowest BCUT2D eigenvalue weighted by Crippen LogP contribution is -2.57. The summed E-state index contributed by atoms with van der Waals surface area (Å²) in [6.45, 7) is 8.25. The van der Waals surface area contributed by atoms with Crippen LogP contribution in [0.1, 0.15) is 43.5 Å². The van der Waals surface area contributed by atoms with E-state index in [-0.39, 0.29) is 23.9 Å². The number of benzene rings is 2. The van der Waals surface area contributed by atoms with Gasteiger partial charge in [0.05, 0.1) is 5.60 Å². The molecule has 1 heterocycles. The third kappa shape index (κ3) is 4.12. The van der Waals surface area contributed by atoms with E-state index in [9.17, 15) is 5.11 Å². The number of anilines is 2. The van der Waals surface area contributed by atoms with Crippen LogP contribution in [0.2, 0.25) is 0 Å². The lowest BCUT2D eigenvalue weighted by molar-refractivity contribution is -0.108. The first-order chi connectivity index (χ1) is 14.2. The third-order valence-electron chi connectivity index (χ3n) is 6.94. The van der Waals surface area contributed by atoms with Crippen LogP contribution in [0.15, 0.2) is 61.2 Å². The van der Waals surface area contributed by atoms with Crippen LogP contribution < -0.4 is 15.1 Å². The highest BCUT2D eigenvalue weighted by Crippen LogP contribution is 2.48. The van der Waals surface area contributed by atoms with E-state index in [0.717, 1.165) is 0 Å². The van der Waals surface area contributed by atoms with Crippen molar-refractivity contribution in [2.75, 3.05) is 38.0 Å². The second kappa shape index (κ2) is 8.83. The predicted octanol–water partition coefficient (Wildman–Crippen LogP) is 4.78. The summed E-state index contributed by atoms with van der Waals surface area (Å²) in [5.74, 6) is 0.0982. The third-order valence-corrected chi connectivity index (χ3v) is 6.94. The molecule has 3 rings (SSSR count). The van der Waals surface area contributed by atoms with Gasteiger partial charge < -0.3 is 20.2 Å². The number of nitrogens with zero attached hydrogens (tertiary/aromatic N) is 2. The summed E-state index contributed by atoms with van der Waals surface area (Å²) in [6.07, 6.45) is 2.44. The molecule has 0 aliphatic carbocycles. The Labute approximate surface area is 182 Å². The van der Waals surface area contributed by atoms with Gasteiger partial charge in [-0.15, -0.1) is 6.58 Å². The van der Waals surface area contributed by atoms with Crippen molar-refractivity contribution in [1.82, 2.24) is 5.32 Å². The quantitative estimate of drug-likeness (QED) is 0.676. The van der Waals surface area contributed by atoms with Crippen molar-refractivity contribution >= 4 is 11.4 Å². The van der Waals surface area contributed by atoms with Gasteiger partial charge in [-0.3, -0.25) is 0 Å². The molecule has 4 atom stereocenters. The zero-order valence-corrected chi connectivity index (χ0v) is 19.3. The highest BCUT2D eigenvalue weighted by molar-refractivity contribution is 5.48. The van der Waals surface area contributed by atoms with E-state index in [1.165, 1.54) is 22.5 Å². The van der Waals surface area contributed by atoms with Gasteiger partial charge >= 0.3 is 0 Å². The van der Waals surface area contributed by atoms with Crippen molar-refractivity contribution in [3.05, 3.63) is 72.3 Å². The standard InChI is InChI=1S/C26H37N3O/c1-8-17-26(30)18(2)24(20-9-13-22(14-10-20)28(4)5)27-25(19(26)3)21-11-15-23(16-12-21)29(6)7/h8-16,18-19,24-25,27,30H,1,17H2,2-7H3/t18-,19-,24-,25-/m1/s1. The maximum atomic E-state index is 11.8. The number of hydrogen-bond acceptors (Lipinski definition) is 4. The molecule has 1 aliphatic heterocycles. The molecule has 4 nitrogen and oxygen atoms in total. The molecule has 0 saturated carbocycles. The van der Waals surface area contributed by atoms with Crippen LogP contribution in [0.3, 0.4) is 0 Å². The molecule has 1 saturated heterocycles. The summed E-state index contributed by atoms with van der Waals surface area (Å²) in [6, 6.07) is 17.4. The number of hydrogen-bond donors (Lipinski definition) is 2. The predicted molar refractivity (Wildman–Crippen MR) is 128 cm³/mol. The highest BCUT2D eigenvalue weighted by atomic mass is 16.3. The molecule has 4 heteroatoms. The average molecular weight is 408 g/mol. The summed E-state index contributed by atoms with van der Waals surface area (Å²) in [4.78, 5) is 4.21. The van der Waals surface area contributed by atoms with Crippen molar-refractivity contribution < 1.29 is 5.11 Å². The van der Waals surface area contributed by atoms with Gasteiger partial charge in [-0.05, 0) is 41.8 Å². The Hall–Kier alpha value is -2.30. The average Bonchev–Trinajstić information content (AvgIpc) is 2.73. The van der Waals surface area contributed by atoms with Crippen LogP contribution in [0.5, 0.6) is 0 Å². The van der Waals surface area contributed by atoms with Gasteiger partial charge in [-0.1, -0.05) is 44.2 Å². The number of nitrogens with one attached hydrogen (secondary N) is 1. The summed E-state index contributed by atoms with van der Waals surface area (Å²) < 4.78 is 0. The molecule has 2 aromatic carbocycles. The fraction of sp³-hybridized carbons (Fsp3) is 0.462. The molecule has 2 N–H and O–H groups in total. The molecule has 0 amide bonds. The normalized spacial score (nSPS) is 28.8. The van der Waals surface area contributed by atoms with Crippen molar-refractivity contribution in [2.24, 2.45) is 11.8 Å². The Bertz CT molecular complexity index is 778. The Morgan fingerprint density at radius 2 is 1.20 bits per heavy atom. The summed E-state index contributed by atoms with van der Waals surface area (Å²) >= 11 is 0. The molecule has 0 radical (unpaired) electrons. The minimum Gasteiger partial charge on any atom is -0.389 e. The molecule has 0 bridgehead atoms. The maximum absolute atomic E-state index is 11.8. The van der Waals surface area contributed by atoms with E-state index >= 15 is 0 Å². The zero-order valence-electron chi connectivity index (χ0n) is 19.3. The monoisotopic (exact) mass is 407 g/mol. The van der Waals surface area contributed by atoms with Crippen molar-refractivity contribution in [3.8, 4) is 0 Å². The van der Waals surface area contributed by atoms with Gasteiger partial charge in [-0.2, -0.15) is 0 Å². The van der Waals surface area contributed by atoms with Gasteiger partial charge in [-0.25, -0.2) is 0 Å². The fourth-order valence-electron chi connectivity index (χ4n) is 4.81. The molecule has 0 unspecified atom stereocenters. The van der Waals surface area contributed by atoms with E-state index in [0.29, 0.717) is 6.42 Å². The van der Waals surface area contributed by atoms with Crippen molar-refractivity contribution in [1.29, 1.82) is 0 Å². The Balaban J connectivity index is 1.99. The minimum atomic E-state index is -0.831. The van der Waals surface area contributed by atoms with E-state index in [2.05, 4.69) is 112 Å². The number of rotatable bonds is 6. The van der Waals surface area contributed by atoms with E-state index in [4.69, 9.17) is 0 Å². The minimum absolute atomic E-state index is 0.0491. The van der Waals surface area contributed by atoms with Crippen LogP contribution in [0.25, 0.3) is 0 Å². The molecule has 0 spiro atoms. The maximum Gasteiger partial charge on any atom is 0.0768 e. The molecule has 2 aromatic rings. The second-order valence-electron chi connectivity index (χ2n) is 9.16. The van der Waals surface area contributed by atoms with Crippen LogP contribution in [-0.4, -0.2) is 38.9 Å².